The quantitative estimate of drug-likeness (QED) is 0.188. The molecule has 0 atom stereocenters. The SMILES string of the molecule is Cc1ccc(NC(=O)COC(=O)CCCC(=O)Nc2ccc(Oc3ccc(Cl)cc3)cc2)cc1[N+](=O)[O-]. The van der Waals surface area contributed by atoms with Crippen molar-refractivity contribution in [3.63, 3.8) is 0 Å². The van der Waals surface area contributed by atoms with Gasteiger partial charge in [0.15, 0.2) is 6.61 Å². The van der Waals surface area contributed by atoms with Crippen molar-refractivity contribution in [2.75, 3.05) is 17.2 Å². The van der Waals surface area contributed by atoms with Crippen LogP contribution >= 0.6 is 11.6 Å². The van der Waals surface area contributed by atoms with Crippen molar-refractivity contribution in [3.05, 3.63) is 87.4 Å². The molecule has 3 aromatic carbocycles. The lowest BCUT2D eigenvalue weighted by molar-refractivity contribution is -0.385. The minimum atomic E-state index is -0.637. The molecule has 2 N–H and O–H groups in total. The first-order chi connectivity index (χ1) is 17.7. The molecule has 0 aliphatic carbocycles. The molecule has 0 saturated carbocycles. The van der Waals surface area contributed by atoms with E-state index >= 15 is 0 Å². The minimum Gasteiger partial charge on any atom is -0.457 e. The largest absolute Gasteiger partial charge is 0.457 e. The molecule has 11 heteroatoms. The maximum Gasteiger partial charge on any atom is 0.306 e. The van der Waals surface area contributed by atoms with Crippen molar-refractivity contribution in [1.29, 1.82) is 0 Å². The standard InChI is InChI=1S/C26H24ClN3O7/c1-17-5-8-20(15-23(17)30(34)35)29-25(32)16-36-26(33)4-2-3-24(31)28-19-9-13-22(14-10-19)37-21-11-6-18(27)7-12-21/h5-15H,2-4,16H2,1H3,(H,28,31)(H,29,32). The Morgan fingerprint density at radius 3 is 2.11 bits per heavy atom. The first-order valence-electron chi connectivity index (χ1n) is 11.2. The van der Waals surface area contributed by atoms with Gasteiger partial charge in [0, 0.05) is 40.9 Å². The number of aryl methyl sites for hydroxylation is 1. The van der Waals surface area contributed by atoms with Crippen LogP contribution in [-0.4, -0.2) is 29.3 Å². The average Bonchev–Trinajstić information content (AvgIpc) is 2.86. The fraction of sp³-hybridized carbons (Fsp3) is 0.192. The molecule has 0 fully saturated rings. The van der Waals surface area contributed by atoms with Crippen LogP contribution in [0.15, 0.2) is 66.7 Å². The number of carbonyl (C=O) groups excluding carboxylic acids is 3. The number of hydrogen-bond acceptors (Lipinski definition) is 7. The molecule has 0 aliphatic heterocycles. The molecule has 0 unspecified atom stereocenters. The molecule has 10 nitrogen and oxygen atoms in total. The Morgan fingerprint density at radius 1 is 0.865 bits per heavy atom. The number of ether oxygens (including phenoxy) is 2. The van der Waals surface area contributed by atoms with Gasteiger partial charge < -0.3 is 20.1 Å². The van der Waals surface area contributed by atoms with Crippen LogP contribution in [0.4, 0.5) is 17.1 Å². The third kappa shape index (κ3) is 8.93. The molecule has 0 aromatic heterocycles. The van der Waals surface area contributed by atoms with Crippen LogP contribution in [0.1, 0.15) is 24.8 Å². The molecule has 3 rings (SSSR count). The Kier molecular flexibility index (Phi) is 9.56. The molecular weight excluding hydrogens is 502 g/mol. The van der Waals surface area contributed by atoms with Crippen molar-refractivity contribution in [3.8, 4) is 11.5 Å². The van der Waals surface area contributed by atoms with Gasteiger partial charge in [-0.05, 0) is 67.9 Å². The third-order valence-electron chi connectivity index (χ3n) is 5.03. The summed E-state index contributed by atoms with van der Waals surface area (Å²) in [6, 6.07) is 18.0. The fourth-order valence-corrected chi connectivity index (χ4v) is 3.29. The molecule has 2 amide bonds. The van der Waals surface area contributed by atoms with Gasteiger partial charge in [-0.2, -0.15) is 0 Å². The molecule has 3 aromatic rings. The van der Waals surface area contributed by atoms with Gasteiger partial charge in [-0.1, -0.05) is 17.7 Å². The second-order valence-electron chi connectivity index (χ2n) is 7.95. The molecular formula is C26H24ClN3O7. The summed E-state index contributed by atoms with van der Waals surface area (Å²) in [5.74, 6) is -0.329. The number of esters is 1. The van der Waals surface area contributed by atoms with E-state index in [2.05, 4.69) is 10.6 Å². The first kappa shape index (κ1) is 27.2. The topological polar surface area (TPSA) is 137 Å². The number of nitrogens with zero attached hydrogens (tertiary/aromatic N) is 1. The van der Waals surface area contributed by atoms with Gasteiger partial charge in [0.25, 0.3) is 11.6 Å². The van der Waals surface area contributed by atoms with Crippen molar-refractivity contribution in [2.45, 2.75) is 26.2 Å². The summed E-state index contributed by atoms with van der Waals surface area (Å²) < 4.78 is 10.6. The van der Waals surface area contributed by atoms with E-state index in [0.29, 0.717) is 27.8 Å². The second kappa shape index (κ2) is 13.0. The van der Waals surface area contributed by atoms with E-state index in [9.17, 15) is 24.5 Å². The maximum absolute atomic E-state index is 12.2. The van der Waals surface area contributed by atoms with Gasteiger partial charge >= 0.3 is 5.97 Å². The van der Waals surface area contributed by atoms with Crippen molar-refractivity contribution in [1.82, 2.24) is 0 Å². The first-order valence-corrected chi connectivity index (χ1v) is 11.6. The van der Waals surface area contributed by atoms with Crippen LogP contribution in [0, 0.1) is 17.0 Å². The second-order valence-corrected chi connectivity index (χ2v) is 8.39. The molecule has 0 spiro atoms. The van der Waals surface area contributed by atoms with E-state index in [1.165, 1.54) is 18.2 Å². The predicted octanol–water partition coefficient (Wildman–Crippen LogP) is 5.64. The highest BCUT2D eigenvalue weighted by molar-refractivity contribution is 6.30. The molecule has 0 saturated heterocycles. The lowest BCUT2D eigenvalue weighted by atomic mass is 10.2. The number of benzene rings is 3. The average molecular weight is 526 g/mol. The number of nitro benzene ring substituents is 1. The monoisotopic (exact) mass is 525 g/mol. The van der Waals surface area contributed by atoms with E-state index in [4.69, 9.17) is 21.1 Å². The van der Waals surface area contributed by atoms with Crippen LogP contribution < -0.4 is 15.4 Å². The maximum atomic E-state index is 12.2. The summed E-state index contributed by atoms with van der Waals surface area (Å²) >= 11 is 5.85. The zero-order valence-corrected chi connectivity index (χ0v) is 20.6. The molecule has 192 valence electrons. The van der Waals surface area contributed by atoms with Crippen molar-refractivity contribution >= 4 is 46.4 Å². The smallest absolute Gasteiger partial charge is 0.306 e. The molecule has 0 aliphatic rings. The number of amides is 2. The minimum absolute atomic E-state index is 0.0510. The zero-order chi connectivity index (χ0) is 26.8. The Hall–Kier alpha value is -4.44. The fourth-order valence-electron chi connectivity index (χ4n) is 3.16. The summed E-state index contributed by atoms with van der Waals surface area (Å²) in [5.41, 5.74) is 1.12. The van der Waals surface area contributed by atoms with Crippen molar-refractivity contribution in [2.24, 2.45) is 0 Å². The van der Waals surface area contributed by atoms with Gasteiger partial charge in [0.2, 0.25) is 5.91 Å². The predicted molar refractivity (Wildman–Crippen MR) is 138 cm³/mol. The number of rotatable bonds is 11. The number of nitrogens with one attached hydrogen (secondary N) is 2. The summed E-state index contributed by atoms with van der Waals surface area (Å²) in [6.45, 7) is 1.04. The van der Waals surface area contributed by atoms with Gasteiger partial charge in [0.1, 0.15) is 11.5 Å². The molecule has 0 bridgehead atoms. The highest BCUT2D eigenvalue weighted by Crippen LogP contribution is 2.25. The number of anilines is 2. The van der Waals surface area contributed by atoms with Crippen molar-refractivity contribution < 1.29 is 28.8 Å². The van der Waals surface area contributed by atoms with E-state index in [1.54, 1.807) is 55.5 Å². The number of hydrogen-bond donors (Lipinski definition) is 2. The Morgan fingerprint density at radius 2 is 1.46 bits per heavy atom. The number of carbonyl (C=O) groups is 3. The number of nitro groups is 1. The van der Waals surface area contributed by atoms with E-state index in [0.717, 1.165) is 0 Å². The summed E-state index contributed by atoms with van der Waals surface area (Å²) in [5, 5.41) is 16.8. The van der Waals surface area contributed by atoms with Crippen LogP contribution in [-0.2, 0) is 19.1 Å². The molecule has 0 heterocycles. The third-order valence-corrected chi connectivity index (χ3v) is 5.28. The highest BCUT2D eigenvalue weighted by Gasteiger charge is 2.14. The molecule has 37 heavy (non-hydrogen) atoms. The molecule has 0 radical (unpaired) electrons. The van der Waals surface area contributed by atoms with Crippen LogP contribution in [0.5, 0.6) is 11.5 Å². The van der Waals surface area contributed by atoms with Gasteiger partial charge in [-0.3, -0.25) is 24.5 Å². The Balaban J connectivity index is 1.34. The highest BCUT2D eigenvalue weighted by atomic mass is 35.5. The normalized spacial score (nSPS) is 10.3. The summed E-state index contributed by atoms with van der Waals surface area (Å²) in [6.07, 6.45) is 0.260. The van der Waals surface area contributed by atoms with E-state index in [-0.39, 0.29) is 36.5 Å². The van der Waals surface area contributed by atoms with E-state index in [1.807, 2.05) is 0 Å². The zero-order valence-electron chi connectivity index (χ0n) is 19.9. The summed E-state index contributed by atoms with van der Waals surface area (Å²) in [4.78, 5) is 46.5. The van der Waals surface area contributed by atoms with Crippen LogP contribution in [0.2, 0.25) is 5.02 Å². The van der Waals surface area contributed by atoms with Gasteiger partial charge in [0.05, 0.1) is 4.92 Å². The van der Waals surface area contributed by atoms with E-state index < -0.39 is 23.4 Å². The summed E-state index contributed by atoms with van der Waals surface area (Å²) in [7, 11) is 0. The Bertz CT molecular complexity index is 1280. The van der Waals surface area contributed by atoms with Gasteiger partial charge in [-0.25, -0.2) is 0 Å². The van der Waals surface area contributed by atoms with Crippen LogP contribution in [0.25, 0.3) is 0 Å². The number of halogens is 1. The lowest BCUT2D eigenvalue weighted by Crippen LogP contribution is -2.21. The Labute approximate surface area is 217 Å². The lowest BCUT2D eigenvalue weighted by Gasteiger charge is -2.09. The van der Waals surface area contributed by atoms with Gasteiger partial charge in [-0.15, -0.1) is 0 Å². The van der Waals surface area contributed by atoms with Crippen LogP contribution in [0.3, 0.4) is 0 Å².